The molecule has 0 spiro atoms. The number of carbonyl (C=O) groups excluding carboxylic acids is 3. The minimum Gasteiger partial charge on any atom is -0.469 e. The molecule has 0 bridgehead atoms. The van der Waals surface area contributed by atoms with Gasteiger partial charge in [-0.3, -0.25) is 4.79 Å². The number of methoxy groups -OCH3 is 1. The van der Waals surface area contributed by atoms with Crippen LogP contribution in [0.2, 0.25) is 0 Å². The standard InChI is InChI=1S/C15H8F10O6/c1-29-9(26)5-6-2-3-7(30-10(27)12(16,17)14(20,21)22)8(4-6)31-11(28)13(18,19)15(23,24)25/h2-4H,5H2,1H3. The summed E-state index contributed by atoms with van der Waals surface area (Å²) >= 11 is 0. The van der Waals surface area contributed by atoms with Crippen LogP contribution in [0.5, 0.6) is 11.5 Å². The molecule has 1 aromatic carbocycles. The fourth-order valence-electron chi connectivity index (χ4n) is 1.62. The van der Waals surface area contributed by atoms with Crippen molar-refractivity contribution in [3.8, 4) is 11.5 Å². The van der Waals surface area contributed by atoms with E-state index in [4.69, 9.17) is 0 Å². The Bertz CT molecular complexity index is 859. The van der Waals surface area contributed by atoms with Gasteiger partial charge < -0.3 is 14.2 Å². The maximum absolute atomic E-state index is 13.1. The zero-order chi connectivity index (χ0) is 24.4. The number of benzene rings is 1. The fourth-order valence-corrected chi connectivity index (χ4v) is 1.62. The van der Waals surface area contributed by atoms with Crippen molar-refractivity contribution in [2.45, 2.75) is 30.6 Å². The summed E-state index contributed by atoms with van der Waals surface area (Å²) in [6.45, 7) is 0. The molecule has 1 aromatic rings. The normalized spacial score (nSPS) is 12.9. The van der Waals surface area contributed by atoms with Gasteiger partial charge in [-0.15, -0.1) is 0 Å². The zero-order valence-corrected chi connectivity index (χ0v) is 14.7. The quantitative estimate of drug-likeness (QED) is 0.356. The Labute approximate surface area is 164 Å². The number of halogens is 10. The maximum Gasteiger partial charge on any atom is 0.465 e. The minimum atomic E-state index is -6.46. The van der Waals surface area contributed by atoms with Crippen molar-refractivity contribution in [2.75, 3.05) is 7.11 Å². The summed E-state index contributed by atoms with van der Waals surface area (Å²) in [4.78, 5) is 33.6. The molecule has 0 aliphatic carbocycles. The van der Waals surface area contributed by atoms with Gasteiger partial charge in [0.1, 0.15) is 0 Å². The summed E-state index contributed by atoms with van der Waals surface area (Å²) in [5.74, 6) is -23.0. The molecular weight excluding hydrogens is 466 g/mol. The van der Waals surface area contributed by atoms with Gasteiger partial charge in [-0.2, -0.15) is 43.9 Å². The van der Waals surface area contributed by atoms with Crippen LogP contribution in [-0.4, -0.2) is 49.2 Å². The summed E-state index contributed by atoms with van der Waals surface area (Å²) in [6, 6.07) is 1.34. The van der Waals surface area contributed by atoms with Gasteiger partial charge >= 0.3 is 42.1 Å². The lowest BCUT2D eigenvalue weighted by atomic mass is 10.1. The van der Waals surface area contributed by atoms with Crippen molar-refractivity contribution in [3.63, 3.8) is 0 Å². The average Bonchev–Trinajstić information content (AvgIpc) is 2.61. The molecule has 0 aliphatic heterocycles. The Morgan fingerprint density at radius 3 is 1.55 bits per heavy atom. The molecule has 0 atom stereocenters. The second-order valence-corrected chi connectivity index (χ2v) is 5.46. The number of esters is 3. The first kappa shape index (κ1) is 26.0. The van der Waals surface area contributed by atoms with E-state index in [-0.39, 0.29) is 5.56 Å². The van der Waals surface area contributed by atoms with Crippen LogP contribution in [0, 0.1) is 0 Å². The van der Waals surface area contributed by atoms with Gasteiger partial charge in [0.25, 0.3) is 0 Å². The number of hydrogen-bond donors (Lipinski definition) is 0. The average molecular weight is 474 g/mol. The van der Waals surface area contributed by atoms with E-state index in [9.17, 15) is 58.3 Å². The third-order valence-electron chi connectivity index (χ3n) is 3.21. The highest BCUT2D eigenvalue weighted by atomic mass is 19.4. The zero-order valence-electron chi connectivity index (χ0n) is 14.7. The predicted octanol–water partition coefficient (Wildman–Crippen LogP) is 3.61. The molecule has 0 N–H and O–H groups in total. The number of alkyl halides is 10. The number of rotatable bonds is 6. The van der Waals surface area contributed by atoms with E-state index in [1.807, 2.05) is 0 Å². The molecule has 1 rings (SSSR count). The highest BCUT2D eigenvalue weighted by Gasteiger charge is 2.66. The highest BCUT2D eigenvalue weighted by molar-refractivity contribution is 5.84. The monoisotopic (exact) mass is 474 g/mol. The maximum atomic E-state index is 13.1. The predicted molar refractivity (Wildman–Crippen MR) is 75.4 cm³/mol. The van der Waals surface area contributed by atoms with Crippen molar-refractivity contribution in [3.05, 3.63) is 23.8 Å². The Balaban J connectivity index is 3.37. The van der Waals surface area contributed by atoms with Crippen LogP contribution in [-0.2, 0) is 25.5 Å². The third-order valence-corrected chi connectivity index (χ3v) is 3.21. The van der Waals surface area contributed by atoms with E-state index < -0.39 is 60.0 Å². The SMILES string of the molecule is COC(=O)Cc1ccc(OC(=O)C(F)(F)C(F)(F)F)c(OC(=O)C(F)(F)C(F)(F)F)c1. The summed E-state index contributed by atoms with van der Waals surface area (Å²) in [7, 11) is 0.891. The van der Waals surface area contributed by atoms with Gasteiger partial charge in [-0.1, -0.05) is 6.07 Å². The lowest BCUT2D eigenvalue weighted by Crippen LogP contribution is -2.47. The van der Waals surface area contributed by atoms with E-state index in [2.05, 4.69) is 14.2 Å². The molecule has 0 saturated heterocycles. The molecule has 0 unspecified atom stereocenters. The molecule has 0 saturated carbocycles. The highest BCUT2D eigenvalue weighted by Crippen LogP contribution is 2.40. The van der Waals surface area contributed by atoms with Crippen LogP contribution in [0.4, 0.5) is 43.9 Å². The van der Waals surface area contributed by atoms with E-state index >= 15 is 0 Å². The summed E-state index contributed by atoms with van der Waals surface area (Å²) < 4.78 is 137. The largest absolute Gasteiger partial charge is 0.469 e. The van der Waals surface area contributed by atoms with E-state index in [0.29, 0.717) is 18.2 Å². The summed E-state index contributed by atoms with van der Waals surface area (Å²) in [5.41, 5.74) is -0.354. The van der Waals surface area contributed by atoms with Crippen LogP contribution < -0.4 is 9.47 Å². The molecule has 16 heteroatoms. The Morgan fingerprint density at radius 1 is 0.742 bits per heavy atom. The molecular formula is C15H8F10O6. The Hall–Kier alpha value is -3.07. The third kappa shape index (κ3) is 5.75. The molecule has 0 amide bonds. The molecule has 174 valence electrons. The van der Waals surface area contributed by atoms with Crippen molar-refractivity contribution in [2.24, 2.45) is 0 Å². The van der Waals surface area contributed by atoms with Gasteiger partial charge in [0.05, 0.1) is 13.5 Å². The van der Waals surface area contributed by atoms with E-state index in [1.165, 1.54) is 0 Å². The summed E-state index contributed by atoms with van der Waals surface area (Å²) in [6.07, 6.45) is -13.6. The van der Waals surface area contributed by atoms with Crippen molar-refractivity contribution < 1.29 is 72.5 Å². The first-order chi connectivity index (χ1) is 13.8. The first-order valence-electron chi connectivity index (χ1n) is 7.38. The van der Waals surface area contributed by atoms with Gasteiger partial charge in [0.15, 0.2) is 11.5 Å². The second kappa shape index (κ2) is 8.58. The molecule has 31 heavy (non-hydrogen) atoms. The lowest BCUT2D eigenvalue weighted by Gasteiger charge is -2.20. The van der Waals surface area contributed by atoms with Crippen LogP contribution in [0.1, 0.15) is 5.56 Å². The fraction of sp³-hybridized carbons (Fsp3) is 0.400. The van der Waals surface area contributed by atoms with Crippen molar-refractivity contribution >= 4 is 17.9 Å². The van der Waals surface area contributed by atoms with Crippen LogP contribution in [0.25, 0.3) is 0 Å². The Kier molecular flexibility index (Phi) is 7.19. The smallest absolute Gasteiger partial charge is 0.465 e. The van der Waals surface area contributed by atoms with Gasteiger partial charge in [0.2, 0.25) is 0 Å². The molecule has 0 aliphatic rings. The number of carbonyl (C=O) groups is 3. The van der Waals surface area contributed by atoms with E-state index in [0.717, 1.165) is 7.11 Å². The van der Waals surface area contributed by atoms with Gasteiger partial charge in [-0.05, 0) is 17.7 Å². The van der Waals surface area contributed by atoms with Gasteiger partial charge in [-0.25, -0.2) is 9.59 Å². The minimum absolute atomic E-state index is 0.315. The topological polar surface area (TPSA) is 78.9 Å². The van der Waals surface area contributed by atoms with Crippen molar-refractivity contribution in [1.29, 1.82) is 0 Å². The molecule has 6 nitrogen and oxygen atoms in total. The van der Waals surface area contributed by atoms with E-state index in [1.54, 1.807) is 0 Å². The Morgan fingerprint density at radius 2 is 1.16 bits per heavy atom. The van der Waals surface area contributed by atoms with Crippen LogP contribution >= 0.6 is 0 Å². The number of ether oxygens (including phenoxy) is 3. The summed E-state index contributed by atoms with van der Waals surface area (Å²) in [5, 5.41) is 0. The first-order valence-corrected chi connectivity index (χ1v) is 7.38. The lowest BCUT2D eigenvalue weighted by molar-refractivity contribution is -0.277. The van der Waals surface area contributed by atoms with Crippen LogP contribution in [0.15, 0.2) is 18.2 Å². The van der Waals surface area contributed by atoms with Crippen LogP contribution in [0.3, 0.4) is 0 Å². The molecule has 0 heterocycles. The van der Waals surface area contributed by atoms with Crippen molar-refractivity contribution in [1.82, 2.24) is 0 Å². The van der Waals surface area contributed by atoms with Gasteiger partial charge in [0, 0.05) is 0 Å². The number of hydrogen-bond acceptors (Lipinski definition) is 6. The second-order valence-electron chi connectivity index (χ2n) is 5.46. The molecule has 0 fully saturated rings. The molecule has 0 radical (unpaired) electrons. The molecule has 0 aromatic heterocycles.